The lowest BCUT2D eigenvalue weighted by atomic mass is 10.3. The number of oxime groups is 1. The van der Waals surface area contributed by atoms with E-state index in [0.717, 1.165) is 0 Å². The number of carbonyl (C=O) groups is 1. The molecule has 3 N–H and O–H groups in total. The van der Waals surface area contributed by atoms with Crippen LogP contribution in [0.3, 0.4) is 0 Å². The van der Waals surface area contributed by atoms with Gasteiger partial charge in [0.15, 0.2) is 17.1 Å². The number of aromatic nitrogens is 1. The van der Waals surface area contributed by atoms with Crippen LogP contribution in [0.5, 0.6) is 0 Å². The minimum Gasteiger partial charge on any atom is -0.393 e. The predicted molar refractivity (Wildman–Crippen MR) is 52.2 cm³/mol. The largest absolute Gasteiger partial charge is 0.393 e. The number of nitrogens with two attached hydrogens (primary N) is 1. The second-order valence-corrected chi connectivity index (χ2v) is 3.11. The lowest BCUT2D eigenvalue weighted by molar-refractivity contribution is -0.102. The topological polar surface area (TPSA) is 97.8 Å². The van der Waals surface area contributed by atoms with E-state index in [2.05, 4.69) is 15.0 Å². The van der Waals surface area contributed by atoms with Gasteiger partial charge in [-0.3, -0.25) is 4.79 Å². The van der Waals surface area contributed by atoms with Crippen molar-refractivity contribution in [1.82, 2.24) is 4.98 Å². The van der Waals surface area contributed by atoms with E-state index in [0.29, 0.717) is 17.1 Å². The van der Waals surface area contributed by atoms with Crippen molar-refractivity contribution in [3.63, 3.8) is 0 Å². The van der Waals surface area contributed by atoms with E-state index >= 15 is 0 Å². The highest BCUT2D eigenvalue weighted by molar-refractivity contribution is 7.13. The predicted octanol–water partition coefficient (Wildman–Crippen LogP) is -0.363. The van der Waals surface area contributed by atoms with Crippen molar-refractivity contribution < 1.29 is 14.7 Å². The minimum absolute atomic E-state index is 0.0387. The maximum atomic E-state index is 10.6. The molecular weight excluding hydrogens is 206 g/mol. The highest BCUT2D eigenvalue weighted by Crippen LogP contribution is 2.11. The first kappa shape index (κ1) is 10.6. The number of nitrogens with zero attached hydrogens (tertiary/aromatic N) is 2. The third-order valence-corrected chi connectivity index (χ3v) is 1.92. The van der Waals surface area contributed by atoms with E-state index < -0.39 is 0 Å². The molecule has 0 radical (unpaired) electrons. The molecule has 76 valence electrons. The molecule has 7 heteroatoms. The van der Waals surface area contributed by atoms with Gasteiger partial charge in [-0.05, 0) is 0 Å². The molecule has 1 aromatic heterocycles. The second kappa shape index (κ2) is 5.30. The van der Waals surface area contributed by atoms with Gasteiger partial charge in [0.1, 0.15) is 12.3 Å². The molecular formula is C7H9N3O3S. The molecule has 0 saturated carbocycles. The summed E-state index contributed by atoms with van der Waals surface area (Å²) in [6, 6.07) is 0. The van der Waals surface area contributed by atoms with Gasteiger partial charge in [-0.15, -0.1) is 11.3 Å². The molecule has 0 bridgehead atoms. The molecule has 1 heterocycles. The first-order chi connectivity index (χ1) is 6.77. The van der Waals surface area contributed by atoms with E-state index in [-0.39, 0.29) is 18.9 Å². The maximum absolute atomic E-state index is 10.6. The first-order valence-electron chi connectivity index (χ1n) is 3.75. The quantitative estimate of drug-likeness (QED) is 0.302. The van der Waals surface area contributed by atoms with Crippen LogP contribution in [-0.4, -0.2) is 35.3 Å². The Labute approximate surface area is 84.0 Å². The van der Waals surface area contributed by atoms with Gasteiger partial charge in [-0.1, -0.05) is 5.16 Å². The molecule has 0 atom stereocenters. The minimum atomic E-state index is -0.158. The van der Waals surface area contributed by atoms with Crippen LogP contribution in [-0.2, 0) is 9.63 Å². The average molecular weight is 215 g/mol. The van der Waals surface area contributed by atoms with E-state index in [1.165, 1.54) is 11.3 Å². The maximum Gasteiger partial charge on any atom is 0.180 e. The standard InChI is InChI=1S/C7H9N3O3S/c8-7-9-6(4-14-7)5(3-12)10-13-2-1-11/h3-4,11H,1-2H2,(H2,8,9). The van der Waals surface area contributed by atoms with Gasteiger partial charge in [0.25, 0.3) is 0 Å². The molecule has 0 fully saturated rings. The number of aldehydes is 1. The number of nitrogen functional groups attached to an aromatic ring is 1. The van der Waals surface area contributed by atoms with Crippen molar-refractivity contribution in [2.24, 2.45) is 5.16 Å². The number of carbonyl (C=O) groups excluding carboxylic acids is 1. The average Bonchev–Trinajstić information content (AvgIpc) is 2.60. The SMILES string of the molecule is Nc1nc(C(C=O)=NOCCO)cs1. The van der Waals surface area contributed by atoms with Crippen molar-refractivity contribution in [2.45, 2.75) is 0 Å². The lowest BCUT2D eigenvalue weighted by Gasteiger charge is -1.95. The number of aliphatic hydroxyl groups is 1. The molecule has 0 amide bonds. The zero-order valence-electron chi connectivity index (χ0n) is 7.21. The Morgan fingerprint density at radius 3 is 3.14 bits per heavy atom. The van der Waals surface area contributed by atoms with Crippen LogP contribution >= 0.6 is 11.3 Å². The fourth-order valence-corrected chi connectivity index (χ4v) is 1.25. The zero-order valence-corrected chi connectivity index (χ0v) is 8.03. The van der Waals surface area contributed by atoms with Crippen LogP contribution in [0.25, 0.3) is 0 Å². The lowest BCUT2D eigenvalue weighted by Crippen LogP contribution is -2.05. The first-order valence-corrected chi connectivity index (χ1v) is 4.63. The molecule has 0 spiro atoms. The summed E-state index contributed by atoms with van der Waals surface area (Å²) in [6.07, 6.45) is 0.520. The molecule has 0 aliphatic heterocycles. The summed E-state index contributed by atoms with van der Waals surface area (Å²) in [5, 5.41) is 13.9. The highest BCUT2D eigenvalue weighted by atomic mass is 32.1. The van der Waals surface area contributed by atoms with E-state index in [1.54, 1.807) is 5.38 Å². The van der Waals surface area contributed by atoms with Gasteiger partial charge in [-0.25, -0.2) is 4.98 Å². The molecule has 1 aromatic rings. The smallest absolute Gasteiger partial charge is 0.180 e. The zero-order chi connectivity index (χ0) is 10.4. The summed E-state index contributed by atoms with van der Waals surface area (Å²) >= 11 is 1.21. The molecule has 0 saturated heterocycles. The summed E-state index contributed by atoms with van der Waals surface area (Å²) < 4.78 is 0. The summed E-state index contributed by atoms with van der Waals surface area (Å²) in [7, 11) is 0. The van der Waals surface area contributed by atoms with Gasteiger partial charge in [0, 0.05) is 5.38 Å². The van der Waals surface area contributed by atoms with Gasteiger partial charge in [0.2, 0.25) is 0 Å². The van der Waals surface area contributed by atoms with Gasteiger partial charge in [-0.2, -0.15) is 0 Å². The van der Waals surface area contributed by atoms with Gasteiger partial charge >= 0.3 is 0 Å². The molecule has 6 nitrogen and oxygen atoms in total. The Morgan fingerprint density at radius 2 is 2.64 bits per heavy atom. The van der Waals surface area contributed by atoms with Gasteiger partial charge < -0.3 is 15.7 Å². The Morgan fingerprint density at radius 1 is 1.86 bits per heavy atom. The number of hydrogen-bond acceptors (Lipinski definition) is 7. The molecule has 0 aromatic carbocycles. The fraction of sp³-hybridized carbons (Fsp3) is 0.286. The van der Waals surface area contributed by atoms with Crippen molar-refractivity contribution in [2.75, 3.05) is 18.9 Å². The third kappa shape index (κ3) is 2.79. The summed E-state index contributed by atoms with van der Waals surface area (Å²) in [6.45, 7) is -0.119. The summed E-state index contributed by atoms with van der Waals surface area (Å²) in [4.78, 5) is 19.0. The Balaban J connectivity index is 2.71. The van der Waals surface area contributed by atoms with Crippen LogP contribution in [0.1, 0.15) is 5.69 Å². The van der Waals surface area contributed by atoms with Crippen LogP contribution in [0, 0.1) is 0 Å². The summed E-state index contributed by atoms with van der Waals surface area (Å²) in [5.74, 6) is 0. The normalized spacial score (nSPS) is 11.4. The molecule has 0 aliphatic rings. The van der Waals surface area contributed by atoms with Crippen LogP contribution in [0.4, 0.5) is 5.13 Å². The number of thiazole rings is 1. The van der Waals surface area contributed by atoms with Crippen LogP contribution in [0.15, 0.2) is 10.5 Å². The highest BCUT2D eigenvalue weighted by Gasteiger charge is 2.07. The molecule has 0 unspecified atom stereocenters. The number of hydrogen-bond donors (Lipinski definition) is 2. The molecule has 14 heavy (non-hydrogen) atoms. The molecule has 0 aliphatic carbocycles. The number of anilines is 1. The van der Waals surface area contributed by atoms with E-state index in [4.69, 9.17) is 10.8 Å². The second-order valence-electron chi connectivity index (χ2n) is 2.22. The van der Waals surface area contributed by atoms with Crippen LogP contribution in [0.2, 0.25) is 0 Å². The van der Waals surface area contributed by atoms with E-state index in [1.807, 2.05) is 0 Å². The third-order valence-electron chi connectivity index (χ3n) is 1.24. The Bertz CT molecular complexity index is 337. The number of aliphatic hydroxyl groups excluding tert-OH is 1. The van der Waals surface area contributed by atoms with E-state index in [9.17, 15) is 4.79 Å². The monoisotopic (exact) mass is 215 g/mol. The van der Waals surface area contributed by atoms with Gasteiger partial charge in [0.05, 0.1) is 6.61 Å². The van der Waals surface area contributed by atoms with Crippen molar-refractivity contribution in [3.8, 4) is 0 Å². The molecule has 1 rings (SSSR count). The Kier molecular flexibility index (Phi) is 4.02. The van der Waals surface area contributed by atoms with Crippen molar-refractivity contribution >= 4 is 28.5 Å². The van der Waals surface area contributed by atoms with Crippen molar-refractivity contribution in [1.29, 1.82) is 0 Å². The summed E-state index contributed by atoms with van der Waals surface area (Å²) in [5.41, 5.74) is 5.82. The van der Waals surface area contributed by atoms with Crippen molar-refractivity contribution in [3.05, 3.63) is 11.1 Å². The van der Waals surface area contributed by atoms with Crippen LogP contribution < -0.4 is 5.73 Å². The Hall–Kier alpha value is -1.47. The number of rotatable bonds is 5. The fourth-order valence-electron chi connectivity index (χ4n) is 0.690.